The lowest BCUT2D eigenvalue weighted by molar-refractivity contribution is -0.147. The second kappa shape index (κ2) is 6.20. The Labute approximate surface area is 117 Å². The number of carbonyl (C=O) groups is 2. The van der Waals surface area contributed by atoms with Gasteiger partial charge in [-0.15, -0.1) is 0 Å². The lowest BCUT2D eigenvalue weighted by Crippen LogP contribution is -2.36. The molecule has 2 atom stereocenters. The zero-order chi connectivity index (χ0) is 14.5. The highest BCUT2D eigenvalue weighted by Crippen LogP contribution is 2.31. The maximum Gasteiger partial charge on any atom is 0.307 e. The van der Waals surface area contributed by atoms with E-state index in [4.69, 9.17) is 5.26 Å². The van der Waals surface area contributed by atoms with Crippen LogP contribution in [-0.2, 0) is 9.59 Å². The fourth-order valence-corrected chi connectivity index (χ4v) is 2.60. The van der Waals surface area contributed by atoms with Gasteiger partial charge < -0.3 is 10.4 Å². The quantitative estimate of drug-likeness (QED) is 0.884. The molecule has 2 rings (SSSR count). The van der Waals surface area contributed by atoms with Gasteiger partial charge in [0.15, 0.2) is 0 Å². The van der Waals surface area contributed by atoms with Crippen molar-refractivity contribution in [3.05, 3.63) is 29.8 Å². The van der Waals surface area contributed by atoms with Crippen LogP contribution in [0.25, 0.3) is 0 Å². The van der Waals surface area contributed by atoms with Crippen molar-refractivity contribution in [1.29, 1.82) is 5.26 Å². The molecule has 2 N–H and O–H groups in total. The summed E-state index contributed by atoms with van der Waals surface area (Å²) in [6.07, 6.45) is 2.91. The first-order valence-corrected chi connectivity index (χ1v) is 6.65. The van der Waals surface area contributed by atoms with Crippen molar-refractivity contribution in [3.8, 4) is 6.07 Å². The Kier molecular flexibility index (Phi) is 4.36. The summed E-state index contributed by atoms with van der Waals surface area (Å²) in [5, 5.41) is 20.6. The first kappa shape index (κ1) is 14.1. The molecule has 1 saturated carbocycles. The maximum absolute atomic E-state index is 12.2. The molecule has 1 fully saturated rings. The van der Waals surface area contributed by atoms with Crippen molar-refractivity contribution < 1.29 is 14.7 Å². The molecule has 1 aliphatic rings. The molecule has 1 aliphatic carbocycles. The molecule has 1 aromatic carbocycles. The number of nitrogens with zero attached hydrogens (tertiary/aromatic N) is 1. The van der Waals surface area contributed by atoms with Crippen LogP contribution in [-0.4, -0.2) is 17.0 Å². The minimum Gasteiger partial charge on any atom is -0.481 e. The molecule has 5 heteroatoms. The minimum absolute atomic E-state index is 0.248. The maximum atomic E-state index is 12.2. The third kappa shape index (κ3) is 3.15. The smallest absolute Gasteiger partial charge is 0.307 e. The molecule has 0 heterocycles. The molecule has 0 bridgehead atoms. The number of carboxylic acid groups (broad SMARTS) is 1. The van der Waals surface area contributed by atoms with E-state index in [0.717, 1.165) is 12.8 Å². The number of carboxylic acids is 1. The third-order valence-corrected chi connectivity index (χ3v) is 3.70. The number of carbonyl (C=O) groups excluding carboxylic acids is 1. The molecule has 104 valence electrons. The molecule has 1 amide bonds. The number of hydrogen-bond acceptors (Lipinski definition) is 3. The minimum atomic E-state index is -0.898. The molecule has 1 unspecified atom stereocenters. The van der Waals surface area contributed by atoms with Crippen LogP contribution >= 0.6 is 0 Å². The van der Waals surface area contributed by atoms with Gasteiger partial charge in [0.25, 0.3) is 0 Å². The summed E-state index contributed by atoms with van der Waals surface area (Å²) in [7, 11) is 0. The van der Waals surface area contributed by atoms with E-state index in [2.05, 4.69) is 5.32 Å². The Balaban J connectivity index is 2.06. The lowest BCUT2D eigenvalue weighted by Gasteiger charge is -2.27. The van der Waals surface area contributed by atoms with E-state index >= 15 is 0 Å². The van der Waals surface area contributed by atoms with Crippen molar-refractivity contribution in [3.63, 3.8) is 0 Å². The summed E-state index contributed by atoms with van der Waals surface area (Å²) in [5.74, 6) is -2.22. The summed E-state index contributed by atoms with van der Waals surface area (Å²) in [6, 6.07) is 8.53. The second-order valence-corrected chi connectivity index (χ2v) is 5.01. The van der Waals surface area contributed by atoms with Gasteiger partial charge in [-0.2, -0.15) is 5.26 Å². The van der Waals surface area contributed by atoms with E-state index in [0.29, 0.717) is 24.1 Å². The molecule has 20 heavy (non-hydrogen) atoms. The number of aliphatic carboxylic acids is 1. The van der Waals surface area contributed by atoms with E-state index in [1.165, 1.54) is 0 Å². The highest BCUT2D eigenvalue weighted by atomic mass is 16.4. The van der Waals surface area contributed by atoms with Gasteiger partial charge in [0.05, 0.1) is 23.5 Å². The van der Waals surface area contributed by atoms with Gasteiger partial charge >= 0.3 is 5.97 Å². The molecular weight excluding hydrogens is 256 g/mol. The first-order chi connectivity index (χ1) is 9.61. The summed E-state index contributed by atoms with van der Waals surface area (Å²) in [5.41, 5.74) is 1.10. The van der Waals surface area contributed by atoms with Crippen molar-refractivity contribution in [2.45, 2.75) is 25.7 Å². The fourth-order valence-electron chi connectivity index (χ4n) is 2.60. The average Bonchev–Trinajstić information content (AvgIpc) is 2.48. The number of amides is 1. The average molecular weight is 272 g/mol. The Bertz CT molecular complexity index is 545. The van der Waals surface area contributed by atoms with Crippen molar-refractivity contribution >= 4 is 17.6 Å². The van der Waals surface area contributed by atoms with Gasteiger partial charge in [-0.05, 0) is 37.1 Å². The topological polar surface area (TPSA) is 90.2 Å². The molecule has 0 saturated heterocycles. The number of anilines is 1. The van der Waals surface area contributed by atoms with Gasteiger partial charge in [-0.25, -0.2) is 0 Å². The number of nitrogens with one attached hydrogen (secondary N) is 1. The largest absolute Gasteiger partial charge is 0.481 e. The Morgan fingerprint density at radius 2 is 1.75 bits per heavy atom. The SMILES string of the molecule is N#Cc1ccc(NC(=O)C2CCCC[C@@H]2C(=O)O)cc1. The van der Waals surface area contributed by atoms with Gasteiger partial charge in [-0.1, -0.05) is 12.8 Å². The Morgan fingerprint density at radius 3 is 2.30 bits per heavy atom. The normalized spacial score (nSPS) is 21.8. The number of nitriles is 1. The summed E-state index contributed by atoms with van der Waals surface area (Å²) < 4.78 is 0. The fraction of sp³-hybridized carbons (Fsp3) is 0.400. The molecule has 5 nitrogen and oxygen atoms in total. The van der Waals surface area contributed by atoms with E-state index in [1.54, 1.807) is 24.3 Å². The van der Waals surface area contributed by atoms with E-state index in [1.807, 2.05) is 6.07 Å². The Hall–Kier alpha value is -2.35. The third-order valence-electron chi connectivity index (χ3n) is 3.70. The van der Waals surface area contributed by atoms with Crippen LogP contribution in [0.3, 0.4) is 0 Å². The Morgan fingerprint density at radius 1 is 1.15 bits per heavy atom. The summed E-state index contributed by atoms with van der Waals surface area (Å²) in [4.78, 5) is 23.4. The highest BCUT2D eigenvalue weighted by Gasteiger charge is 2.35. The molecule has 0 spiro atoms. The predicted octanol–water partition coefficient (Wildman–Crippen LogP) is 2.39. The standard InChI is InChI=1S/C15H16N2O3/c16-9-10-5-7-11(8-6-10)17-14(18)12-3-1-2-4-13(12)15(19)20/h5-8,12-13H,1-4H2,(H,17,18)(H,19,20)/t12?,13-/m0/s1. The number of hydrogen-bond donors (Lipinski definition) is 2. The first-order valence-electron chi connectivity index (χ1n) is 6.65. The second-order valence-electron chi connectivity index (χ2n) is 5.01. The number of rotatable bonds is 3. The molecule has 0 aromatic heterocycles. The zero-order valence-corrected chi connectivity index (χ0v) is 11.0. The highest BCUT2D eigenvalue weighted by molar-refractivity contribution is 5.95. The van der Waals surface area contributed by atoms with Crippen molar-refractivity contribution in [2.75, 3.05) is 5.32 Å². The predicted molar refractivity (Wildman–Crippen MR) is 72.9 cm³/mol. The van der Waals surface area contributed by atoms with E-state index < -0.39 is 17.8 Å². The van der Waals surface area contributed by atoms with Crippen LogP contribution in [0.4, 0.5) is 5.69 Å². The van der Waals surface area contributed by atoms with Gasteiger partial charge in [0, 0.05) is 5.69 Å². The zero-order valence-electron chi connectivity index (χ0n) is 11.0. The molecule has 0 radical (unpaired) electrons. The number of benzene rings is 1. The molecular formula is C15H16N2O3. The van der Waals surface area contributed by atoms with Crippen molar-refractivity contribution in [2.24, 2.45) is 11.8 Å². The van der Waals surface area contributed by atoms with Crippen molar-refractivity contribution in [1.82, 2.24) is 0 Å². The van der Waals surface area contributed by atoms with Crippen LogP contribution in [0.2, 0.25) is 0 Å². The monoisotopic (exact) mass is 272 g/mol. The van der Waals surface area contributed by atoms with Gasteiger partial charge in [-0.3, -0.25) is 9.59 Å². The molecule has 1 aromatic rings. The van der Waals surface area contributed by atoms with Crippen LogP contribution in [0.5, 0.6) is 0 Å². The van der Waals surface area contributed by atoms with Gasteiger partial charge in [0.2, 0.25) is 5.91 Å². The van der Waals surface area contributed by atoms with Gasteiger partial charge in [0.1, 0.15) is 0 Å². The van der Waals surface area contributed by atoms with Crippen LogP contribution in [0.1, 0.15) is 31.2 Å². The van der Waals surface area contributed by atoms with Crippen LogP contribution in [0.15, 0.2) is 24.3 Å². The summed E-state index contributed by atoms with van der Waals surface area (Å²) >= 11 is 0. The molecule has 0 aliphatic heterocycles. The van der Waals surface area contributed by atoms with E-state index in [-0.39, 0.29) is 5.91 Å². The van der Waals surface area contributed by atoms with E-state index in [9.17, 15) is 14.7 Å². The van der Waals surface area contributed by atoms with Crippen LogP contribution < -0.4 is 5.32 Å². The summed E-state index contributed by atoms with van der Waals surface area (Å²) in [6.45, 7) is 0. The lowest BCUT2D eigenvalue weighted by atomic mass is 9.78. The van der Waals surface area contributed by atoms with Crippen LogP contribution in [0, 0.1) is 23.2 Å².